The molecule has 2 rings (SSSR count). The van der Waals surface area contributed by atoms with E-state index in [4.69, 9.17) is 4.74 Å². The van der Waals surface area contributed by atoms with Crippen LogP contribution in [0, 0.1) is 5.92 Å². The Morgan fingerprint density at radius 2 is 2.14 bits per heavy atom. The molecule has 0 spiro atoms. The van der Waals surface area contributed by atoms with Crippen LogP contribution >= 0.6 is 0 Å². The van der Waals surface area contributed by atoms with E-state index in [1.165, 1.54) is 24.8 Å². The van der Waals surface area contributed by atoms with Crippen molar-refractivity contribution in [3.05, 3.63) is 29.3 Å². The summed E-state index contributed by atoms with van der Waals surface area (Å²) in [7, 11) is 0. The Bertz CT molecular complexity index is 445. The number of nitrogens with zero attached hydrogens (tertiary/aromatic N) is 1. The summed E-state index contributed by atoms with van der Waals surface area (Å²) >= 11 is 0. The van der Waals surface area contributed by atoms with Crippen LogP contribution in [0.5, 0.6) is 5.75 Å². The normalized spacial score (nSPS) is 21.8. The van der Waals surface area contributed by atoms with Gasteiger partial charge in [-0.15, -0.1) is 0 Å². The molecule has 0 saturated carbocycles. The van der Waals surface area contributed by atoms with Gasteiger partial charge in [0.1, 0.15) is 5.75 Å². The summed E-state index contributed by atoms with van der Waals surface area (Å²) in [6.07, 6.45) is 3.47. The third-order valence-corrected chi connectivity index (χ3v) is 4.37. The number of benzene rings is 1. The van der Waals surface area contributed by atoms with Gasteiger partial charge in [-0.2, -0.15) is 0 Å². The molecule has 1 heterocycles. The van der Waals surface area contributed by atoms with Gasteiger partial charge < -0.3 is 9.84 Å². The van der Waals surface area contributed by atoms with Gasteiger partial charge in [0.05, 0.1) is 12.7 Å². The number of aliphatic hydroxyl groups excluding tert-OH is 1. The Labute approximate surface area is 128 Å². The summed E-state index contributed by atoms with van der Waals surface area (Å²) in [6.45, 7) is 10.1. The Morgan fingerprint density at radius 1 is 1.33 bits per heavy atom. The number of likely N-dealkylation sites (tertiary alicyclic amines) is 1. The lowest BCUT2D eigenvalue weighted by molar-refractivity contribution is 0.198. The second-order valence-corrected chi connectivity index (χ2v) is 6.29. The first kappa shape index (κ1) is 16.3. The van der Waals surface area contributed by atoms with Crippen LogP contribution in [0.4, 0.5) is 0 Å². The molecule has 1 saturated heterocycles. The lowest BCUT2D eigenvalue weighted by atomic mass is 10.0. The van der Waals surface area contributed by atoms with Gasteiger partial charge >= 0.3 is 0 Å². The minimum absolute atomic E-state index is 0.427. The van der Waals surface area contributed by atoms with E-state index in [9.17, 15) is 5.11 Å². The van der Waals surface area contributed by atoms with Gasteiger partial charge in [-0.1, -0.05) is 13.0 Å². The van der Waals surface area contributed by atoms with Crippen LogP contribution in [0.3, 0.4) is 0 Å². The Balaban J connectivity index is 2.13. The number of rotatable bonds is 5. The summed E-state index contributed by atoms with van der Waals surface area (Å²) in [5.74, 6) is 1.80. The minimum atomic E-state index is -0.427. The van der Waals surface area contributed by atoms with Crippen molar-refractivity contribution in [3.63, 3.8) is 0 Å². The average Bonchev–Trinajstić information content (AvgIpc) is 2.66. The molecule has 1 aromatic rings. The van der Waals surface area contributed by atoms with Gasteiger partial charge in [0, 0.05) is 12.1 Å². The van der Waals surface area contributed by atoms with Gasteiger partial charge in [-0.3, -0.25) is 4.90 Å². The summed E-state index contributed by atoms with van der Waals surface area (Å²) < 4.78 is 5.76. The van der Waals surface area contributed by atoms with Gasteiger partial charge in [-0.05, 0) is 69.8 Å². The average molecular weight is 291 g/mol. The van der Waals surface area contributed by atoms with Crippen LogP contribution in [0.1, 0.15) is 57.3 Å². The summed E-state index contributed by atoms with van der Waals surface area (Å²) in [5.41, 5.74) is 2.17. The maximum atomic E-state index is 9.80. The van der Waals surface area contributed by atoms with E-state index in [1.807, 2.05) is 26.0 Å². The van der Waals surface area contributed by atoms with Gasteiger partial charge in [0.25, 0.3) is 0 Å². The highest BCUT2D eigenvalue weighted by atomic mass is 16.5. The highest BCUT2D eigenvalue weighted by Crippen LogP contribution is 2.26. The lowest BCUT2D eigenvalue weighted by Crippen LogP contribution is -2.24. The van der Waals surface area contributed by atoms with Crippen molar-refractivity contribution in [3.8, 4) is 5.75 Å². The molecule has 0 amide bonds. The third kappa shape index (κ3) is 4.72. The highest BCUT2D eigenvalue weighted by Gasteiger charge is 2.16. The molecule has 2 unspecified atom stereocenters. The Morgan fingerprint density at radius 3 is 2.86 bits per heavy atom. The smallest absolute Gasteiger partial charge is 0.123 e. The molecule has 0 aliphatic carbocycles. The van der Waals surface area contributed by atoms with Crippen molar-refractivity contribution in [1.82, 2.24) is 4.90 Å². The van der Waals surface area contributed by atoms with Gasteiger partial charge in [0.2, 0.25) is 0 Å². The van der Waals surface area contributed by atoms with E-state index < -0.39 is 6.10 Å². The molecule has 1 N–H and O–H groups in total. The van der Waals surface area contributed by atoms with Crippen molar-refractivity contribution >= 4 is 0 Å². The molecule has 1 aliphatic rings. The topological polar surface area (TPSA) is 32.7 Å². The lowest BCUT2D eigenvalue weighted by Gasteiger charge is -2.22. The predicted octanol–water partition coefficient (Wildman–Crippen LogP) is 3.76. The first-order chi connectivity index (χ1) is 10.1. The fourth-order valence-electron chi connectivity index (χ4n) is 3.00. The van der Waals surface area contributed by atoms with Gasteiger partial charge in [0.15, 0.2) is 0 Å². The maximum absolute atomic E-state index is 9.80. The Hall–Kier alpha value is -1.06. The molecule has 1 aliphatic heterocycles. The molecule has 1 fully saturated rings. The third-order valence-electron chi connectivity index (χ3n) is 4.37. The Kier molecular flexibility index (Phi) is 6.07. The van der Waals surface area contributed by atoms with Crippen molar-refractivity contribution in [2.75, 3.05) is 19.7 Å². The van der Waals surface area contributed by atoms with Crippen molar-refractivity contribution in [2.24, 2.45) is 5.92 Å². The molecule has 3 heteroatoms. The van der Waals surface area contributed by atoms with Crippen LogP contribution < -0.4 is 4.74 Å². The molecule has 3 nitrogen and oxygen atoms in total. The van der Waals surface area contributed by atoms with Crippen LogP contribution in [0.2, 0.25) is 0 Å². The van der Waals surface area contributed by atoms with E-state index in [-0.39, 0.29) is 0 Å². The van der Waals surface area contributed by atoms with E-state index in [2.05, 4.69) is 17.9 Å². The fourth-order valence-corrected chi connectivity index (χ4v) is 3.00. The van der Waals surface area contributed by atoms with Crippen molar-refractivity contribution in [1.29, 1.82) is 0 Å². The van der Waals surface area contributed by atoms with Gasteiger partial charge in [-0.25, -0.2) is 0 Å². The molecule has 2 atom stereocenters. The monoisotopic (exact) mass is 291 g/mol. The first-order valence-electron chi connectivity index (χ1n) is 8.26. The van der Waals surface area contributed by atoms with Crippen LogP contribution in [0.15, 0.2) is 18.2 Å². The highest BCUT2D eigenvalue weighted by molar-refractivity contribution is 5.38. The van der Waals surface area contributed by atoms with E-state index in [0.29, 0.717) is 6.61 Å². The van der Waals surface area contributed by atoms with E-state index >= 15 is 0 Å². The molecule has 21 heavy (non-hydrogen) atoms. The first-order valence-corrected chi connectivity index (χ1v) is 8.26. The molecular weight excluding hydrogens is 262 g/mol. The molecule has 0 radical (unpaired) electrons. The molecule has 0 bridgehead atoms. The van der Waals surface area contributed by atoms with Crippen LogP contribution in [-0.4, -0.2) is 29.7 Å². The summed E-state index contributed by atoms with van der Waals surface area (Å²) in [4.78, 5) is 2.52. The zero-order chi connectivity index (χ0) is 15.2. The zero-order valence-corrected chi connectivity index (χ0v) is 13.6. The molecule has 118 valence electrons. The molecule has 1 aromatic carbocycles. The minimum Gasteiger partial charge on any atom is -0.494 e. The second kappa shape index (κ2) is 7.81. The number of aliphatic hydroxyl groups is 1. The van der Waals surface area contributed by atoms with Crippen LogP contribution in [0.25, 0.3) is 0 Å². The molecular formula is C18H29NO2. The largest absolute Gasteiger partial charge is 0.494 e. The van der Waals surface area contributed by atoms with E-state index in [1.54, 1.807) is 0 Å². The summed E-state index contributed by atoms with van der Waals surface area (Å²) in [5, 5.41) is 9.80. The SMILES string of the molecule is CCOc1ccc(C(C)O)cc1CN1CCCC(C)CC1. The quantitative estimate of drug-likeness (QED) is 0.896. The number of hydrogen-bond acceptors (Lipinski definition) is 3. The second-order valence-electron chi connectivity index (χ2n) is 6.29. The predicted molar refractivity (Wildman–Crippen MR) is 86.5 cm³/mol. The van der Waals surface area contributed by atoms with E-state index in [0.717, 1.165) is 36.9 Å². The summed E-state index contributed by atoms with van der Waals surface area (Å²) in [6, 6.07) is 6.06. The zero-order valence-electron chi connectivity index (χ0n) is 13.6. The fraction of sp³-hybridized carbons (Fsp3) is 0.667. The standard InChI is InChI=1S/C18H29NO2/c1-4-21-18-8-7-16(15(3)20)12-17(18)13-19-10-5-6-14(2)9-11-19/h7-8,12,14-15,20H,4-6,9-11,13H2,1-3H3. The number of hydrogen-bond donors (Lipinski definition) is 1. The number of ether oxygens (including phenoxy) is 1. The van der Waals surface area contributed by atoms with Crippen molar-refractivity contribution in [2.45, 2.75) is 52.7 Å². The maximum Gasteiger partial charge on any atom is 0.123 e. The van der Waals surface area contributed by atoms with Crippen LogP contribution in [-0.2, 0) is 6.54 Å². The molecule has 0 aromatic heterocycles. The van der Waals surface area contributed by atoms with Crippen molar-refractivity contribution < 1.29 is 9.84 Å².